The van der Waals surface area contributed by atoms with Gasteiger partial charge in [-0.15, -0.1) is 0 Å². The van der Waals surface area contributed by atoms with Crippen LogP contribution in [0.3, 0.4) is 0 Å². The van der Waals surface area contributed by atoms with Crippen LogP contribution >= 0.6 is 0 Å². The molecule has 98 valence electrons. The Bertz CT molecular complexity index is 537. The molecule has 0 unspecified atom stereocenters. The van der Waals surface area contributed by atoms with Gasteiger partial charge in [-0.2, -0.15) is 0 Å². The molecule has 1 aliphatic rings. The summed E-state index contributed by atoms with van der Waals surface area (Å²) < 4.78 is 22.6. The Labute approximate surface area is 107 Å². The van der Waals surface area contributed by atoms with Crippen LogP contribution in [0.4, 0.5) is 5.69 Å². The number of carbonyl (C=O) groups excluding carboxylic acids is 1. The van der Waals surface area contributed by atoms with Crippen LogP contribution in [0.2, 0.25) is 0 Å². The Morgan fingerprint density at radius 3 is 2.56 bits per heavy atom. The third kappa shape index (κ3) is 3.32. The molecule has 0 atom stereocenters. The van der Waals surface area contributed by atoms with Crippen molar-refractivity contribution in [1.82, 2.24) is 0 Å². The fraction of sp³-hybridized carbons (Fsp3) is 0.462. The van der Waals surface area contributed by atoms with E-state index < -0.39 is 9.84 Å². The van der Waals surface area contributed by atoms with E-state index in [0.29, 0.717) is 12.8 Å². The zero-order chi connectivity index (χ0) is 13.2. The number of hydrogen-bond acceptors (Lipinski definition) is 3. The lowest BCUT2D eigenvalue weighted by Crippen LogP contribution is -2.31. The Kier molecular flexibility index (Phi) is 3.71. The molecule has 5 heteroatoms. The normalized spacial score (nSPS) is 19.4. The third-order valence-corrected chi connectivity index (χ3v) is 4.93. The molecule has 1 aromatic rings. The SMILES string of the molecule is Cc1cccc(NC(=O)C2CCS(=O)(=O)CC2)c1. The summed E-state index contributed by atoms with van der Waals surface area (Å²) in [6.45, 7) is 1.96. The maximum atomic E-state index is 12.0. The van der Waals surface area contributed by atoms with Gasteiger partial charge in [0.25, 0.3) is 0 Å². The smallest absolute Gasteiger partial charge is 0.227 e. The van der Waals surface area contributed by atoms with Gasteiger partial charge >= 0.3 is 0 Å². The van der Waals surface area contributed by atoms with Crippen LogP contribution in [0.1, 0.15) is 18.4 Å². The predicted molar refractivity (Wildman–Crippen MR) is 71.2 cm³/mol. The average Bonchev–Trinajstić information content (AvgIpc) is 2.28. The second kappa shape index (κ2) is 5.10. The lowest BCUT2D eigenvalue weighted by molar-refractivity contribution is -0.120. The fourth-order valence-electron chi connectivity index (χ4n) is 2.12. The number of carbonyl (C=O) groups is 1. The van der Waals surface area contributed by atoms with Crippen LogP contribution in [0.5, 0.6) is 0 Å². The van der Waals surface area contributed by atoms with Gasteiger partial charge in [-0.05, 0) is 37.5 Å². The third-order valence-electron chi connectivity index (χ3n) is 3.21. The van der Waals surface area contributed by atoms with Crippen LogP contribution in [0, 0.1) is 12.8 Å². The summed E-state index contributed by atoms with van der Waals surface area (Å²) >= 11 is 0. The standard InChI is InChI=1S/C13H17NO3S/c1-10-3-2-4-12(9-10)14-13(15)11-5-7-18(16,17)8-6-11/h2-4,9,11H,5-8H2,1H3,(H,14,15). The van der Waals surface area contributed by atoms with Crippen LogP contribution in [-0.2, 0) is 14.6 Å². The highest BCUT2D eigenvalue weighted by Gasteiger charge is 2.28. The molecule has 2 rings (SSSR count). The maximum Gasteiger partial charge on any atom is 0.227 e. The van der Waals surface area contributed by atoms with Crippen LogP contribution in [-0.4, -0.2) is 25.8 Å². The van der Waals surface area contributed by atoms with Gasteiger partial charge < -0.3 is 5.32 Å². The molecule has 1 N–H and O–H groups in total. The summed E-state index contributed by atoms with van der Waals surface area (Å²) in [6.07, 6.45) is 0.861. The van der Waals surface area contributed by atoms with Crippen molar-refractivity contribution in [3.8, 4) is 0 Å². The molecule has 1 fully saturated rings. The summed E-state index contributed by atoms with van der Waals surface area (Å²) in [4.78, 5) is 12.0. The molecule has 0 aromatic heterocycles. The second-order valence-corrected chi connectivity index (χ2v) is 7.09. The molecule has 0 saturated carbocycles. The van der Waals surface area contributed by atoms with Gasteiger partial charge in [0.1, 0.15) is 9.84 Å². The maximum absolute atomic E-state index is 12.0. The summed E-state index contributed by atoms with van der Waals surface area (Å²) in [6, 6.07) is 7.58. The van der Waals surface area contributed by atoms with Crippen molar-refractivity contribution < 1.29 is 13.2 Å². The van der Waals surface area contributed by atoms with E-state index in [1.165, 1.54) is 0 Å². The number of aryl methyl sites for hydroxylation is 1. The molecule has 4 nitrogen and oxygen atoms in total. The highest BCUT2D eigenvalue weighted by Crippen LogP contribution is 2.21. The van der Waals surface area contributed by atoms with Crippen molar-refractivity contribution in [2.45, 2.75) is 19.8 Å². The number of amides is 1. The number of nitrogens with one attached hydrogen (secondary N) is 1. The number of anilines is 1. The molecule has 1 aromatic carbocycles. The minimum atomic E-state index is -2.91. The van der Waals surface area contributed by atoms with Crippen LogP contribution in [0.15, 0.2) is 24.3 Å². The summed E-state index contributed by atoms with van der Waals surface area (Å²) in [5, 5.41) is 2.85. The Hall–Kier alpha value is -1.36. The average molecular weight is 267 g/mol. The lowest BCUT2D eigenvalue weighted by atomic mass is 10.0. The molecule has 0 spiro atoms. The molecule has 1 amide bonds. The molecule has 0 aliphatic carbocycles. The first-order valence-electron chi connectivity index (χ1n) is 6.04. The quantitative estimate of drug-likeness (QED) is 0.888. The van der Waals surface area contributed by atoms with Gasteiger partial charge in [-0.1, -0.05) is 12.1 Å². The molecule has 0 bridgehead atoms. The summed E-state index contributed by atoms with van der Waals surface area (Å²) in [5.41, 5.74) is 1.85. The number of benzene rings is 1. The van der Waals surface area contributed by atoms with Crippen molar-refractivity contribution >= 4 is 21.4 Å². The van der Waals surface area contributed by atoms with Gasteiger partial charge in [0, 0.05) is 11.6 Å². The predicted octanol–water partition coefficient (Wildman–Crippen LogP) is 1.76. The van der Waals surface area contributed by atoms with E-state index in [1.54, 1.807) is 0 Å². The van der Waals surface area contributed by atoms with Crippen molar-refractivity contribution in [2.75, 3.05) is 16.8 Å². The first-order valence-corrected chi connectivity index (χ1v) is 7.86. The second-order valence-electron chi connectivity index (χ2n) is 4.78. The summed E-state index contributed by atoms with van der Waals surface area (Å²) in [5.74, 6) is -0.0119. The van der Waals surface area contributed by atoms with Gasteiger partial charge in [0.05, 0.1) is 11.5 Å². The van der Waals surface area contributed by atoms with Gasteiger partial charge in [0.15, 0.2) is 0 Å². The van der Waals surface area contributed by atoms with E-state index >= 15 is 0 Å². The number of rotatable bonds is 2. The van der Waals surface area contributed by atoms with E-state index in [-0.39, 0.29) is 23.3 Å². The van der Waals surface area contributed by atoms with E-state index in [0.717, 1.165) is 11.3 Å². The molecule has 1 saturated heterocycles. The van der Waals surface area contributed by atoms with Crippen molar-refractivity contribution in [2.24, 2.45) is 5.92 Å². The molecular formula is C13H17NO3S. The minimum absolute atomic E-state index is 0.0736. The van der Waals surface area contributed by atoms with Crippen LogP contribution in [0.25, 0.3) is 0 Å². The first kappa shape index (κ1) is 13.1. The highest BCUT2D eigenvalue weighted by molar-refractivity contribution is 7.91. The van der Waals surface area contributed by atoms with Gasteiger partial charge in [-0.25, -0.2) is 8.42 Å². The molecule has 0 radical (unpaired) electrons. The van der Waals surface area contributed by atoms with E-state index in [1.807, 2.05) is 31.2 Å². The van der Waals surface area contributed by atoms with Crippen molar-refractivity contribution in [3.05, 3.63) is 29.8 Å². The topological polar surface area (TPSA) is 63.2 Å². The largest absolute Gasteiger partial charge is 0.326 e. The van der Waals surface area contributed by atoms with E-state index in [2.05, 4.69) is 5.32 Å². The zero-order valence-electron chi connectivity index (χ0n) is 10.3. The monoisotopic (exact) mass is 267 g/mol. The van der Waals surface area contributed by atoms with Gasteiger partial charge in [-0.3, -0.25) is 4.79 Å². The Balaban J connectivity index is 1.97. The molecule has 1 heterocycles. The lowest BCUT2D eigenvalue weighted by Gasteiger charge is -2.21. The molecule has 1 aliphatic heterocycles. The minimum Gasteiger partial charge on any atom is -0.326 e. The van der Waals surface area contributed by atoms with Crippen LogP contribution < -0.4 is 5.32 Å². The number of hydrogen-bond donors (Lipinski definition) is 1. The van der Waals surface area contributed by atoms with Gasteiger partial charge in [0.2, 0.25) is 5.91 Å². The van der Waals surface area contributed by atoms with Crippen molar-refractivity contribution in [1.29, 1.82) is 0 Å². The summed E-state index contributed by atoms with van der Waals surface area (Å²) in [7, 11) is -2.91. The van der Waals surface area contributed by atoms with E-state index in [9.17, 15) is 13.2 Å². The highest BCUT2D eigenvalue weighted by atomic mass is 32.2. The fourth-order valence-corrected chi connectivity index (χ4v) is 3.61. The first-order chi connectivity index (χ1) is 8.46. The van der Waals surface area contributed by atoms with E-state index in [4.69, 9.17) is 0 Å². The molecular weight excluding hydrogens is 250 g/mol. The molecule has 18 heavy (non-hydrogen) atoms. The van der Waals surface area contributed by atoms with Crippen molar-refractivity contribution in [3.63, 3.8) is 0 Å². The Morgan fingerprint density at radius 1 is 1.28 bits per heavy atom. The Morgan fingerprint density at radius 2 is 1.94 bits per heavy atom. The number of sulfone groups is 1. The zero-order valence-corrected chi connectivity index (χ0v) is 11.2.